The van der Waals surface area contributed by atoms with E-state index in [2.05, 4.69) is 5.10 Å². The van der Waals surface area contributed by atoms with Crippen LogP contribution in [0.3, 0.4) is 0 Å². The predicted molar refractivity (Wildman–Crippen MR) is 34.9 cm³/mol. The molecule has 0 saturated heterocycles. The van der Waals surface area contributed by atoms with Crippen molar-refractivity contribution in [2.75, 3.05) is 0 Å². The first-order chi connectivity index (χ1) is 5.15. The third-order valence-corrected chi connectivity index (χ3v) is 1.17. The van der Waals surface area contributed by atoms with Crippen LogP contribution in [-0.2, 0) is 13.7 Å². The first-order valence-corrected chi connectivity index (χ1v) is 2.87. The molecule has 6 heteroatoms. The highest BCUT2D eigenvalue weighted by Gasteiger charge is 2.01. The van der Waals surface area contributed by atoms with Crippen LogP contribution in [0.25, 0.3) is 0 Å². The van der Waals surface area contributed by atoms with Gasteiger partial charge < -0.3 is 0 Å². The van der Waals surface area contributed by atoms with Gasteiger partial charge >= 0.3 is 5.69 Å². The van der Waals surface area contributed by atoms with Gasteiger partial charge in [0.05, 0.1) is 0 Å². The largest absolute Gasteiger partial charge is 0.344 e. The maximum absolute atomic E-state index is 11.9. The molecule has 0 fully saturated rings. The highest BCUT2D eigenvalue weighted by atomic mass is 19.1. The van der Waals surface area contributed by atoms with Gasteiger partial charge in [-0.3, -0.25) is 9.78 Å². The molecule has 0 radical (unpaired) electrons. The van der Waals surface area contributed by atoms with Gasteiger partial charge in [-0.2, -0.15) is 5.10 Å². The molecule has 0 unspecified atom stereocenters. The zero-order valence-corrected chi connectivity index (χ0v) is 5.80. The number of hydrogen-bond acceptors (Lipinski definition) is 3. The van der Waals surface area contributed by atoms with E-state index in [9.17, 15) is 14.0 Å². The first kappa shape index (κ1) is 7.64. The summed E-state index contributed by atoms with van der Waals surface area (Å²) >= 11 is 0. The van der Waals surface area contributed by atoms with Crippen LogP contribution >= 0.6 is 0 Å². The number of H-pyrrole nitrogens is 1. The van der Waals surface area contributed by atoms with E-state index in [4.69, 9.17) is 0 Å². The molecule has 0 aromatic carbocycles. The summed E-state index contributed by atoms with van der Waals surface area (Å²) in [6.45, 7) is -0.969. The van der Waals surface area contributed by atoms with Gasteiger partial charge in [0.15, 0.2) is 5.69 Å². The van der Waals surface area contributed by atoms with E-state index in [1.165, 1.54) is 7.05 Å². The number of nitrogens with one attached hydrogen (secondary N) is 1. The summed E-state index contributed by atoms with van der Waals surface area (Å²) in [5, 5.41) is 3.38. The molecular weight excluding hydrogens is 153 g/mol. The van der Waals surface area contributed by atoms with Crippen LogP contribution in [-0.4, -0.2) is 14.8 Å². The molecule has 60 valence electrons. The zero-order chi connectivity index (χ0) is 8.43. The summed E-state index contributed by atoms with van der Waals surface area (Å²) < 4.78 is 12.8. The van der Waals surface area contributed by atoms with Crippen molar-refractivity contribution in [2.45, 2.75) is 6.67 Å². The van der Waals surface area contributed by atoms with Gasteiger partial charge in [-0.25, -0.2) is 13.9 Å². The fourth-order valence-electron chi connectivity index (χ4n) is 0.609. The molecule has 0 aliphatic heterocycles. The first-order valence-electron chi connectivity index (χ1n) is 2.87. The normalized spacial score (nSPS) is 10.0. The summed E-state index contributed by atoms with van der Waals surface area (Å²) in [5.74, 6) is 0. The zero-order valence-electron chi connectivity index (χ0n) is 5.80. The molecule has 0 atom stereocenters. The molecule has 11 heavy (non-hydrogen) atoms. The molecule has 1 heterocycles. The minimum absolute atomic E-state index is 0.285. The summed E-state index contributed by atoms with van der Waals surface area (Å²) in [6.07, 6.45) is 0. The molecule has 5 nitrogen and oxygen atoms in total. The van der Waals surface area contributed by atoms with Crippen LogP contribution in [0.5, 0.6) is 0 Å². The minimum atomic E-state index is -0.969. The minimum Gasteiger partial charge on any atom is -0.271 e. The summed E-state index contributed by atoms with van der Waals surface area (Å²) in [4.78, 5) is 23.2. The Labute approximate surface area is 60.5 Å². The molecule has 1 aromatic heterocycles. The maximum Gasteiger partial charge on any atom is 0.344 e. The van der Waals surface area contributed by atoms with Crippen molar-refractivity contribution in [1.82, 2.24) is 14.8 Å². The monoisotopic (exact) mass is 159 g/mol. The summed E-state index contributed by atoms with van der Waals surface area (Å²) in [6, 6.07) is 0. The molecule has 1 aromatic rings. The molecule has 1 rings (SSSR count). The third-order valence-electron chi connectivity index (χ3n) is 1.17. The lowest BCUT2D eigenvalue weighted by molar-refractivity contribution is 0.455. The molecule has 0 amide bonds. The number of halogens is 1. The Bertz CT molecular complexity index is 367. The number of aromatic nitrogens is 3. The van der Waals surface area contributed by atoms with Crippen LogP contribution in [0, 0.1) is 0 Å². The molecule has 0 spiro atoms. The van der Waals surface area contributed by atoms with E-state index in [1.54, 1.807) is 0 Å². The van der Waals surface area contributed by atoms with E-state index in [0.29, 0.717) is 0 Å². The SMILES string of the molecule is Cn1nc(CF)c(=O)[nH]c1=O. The number of alkyl halides is 1. The lowest BCUT2D eigenvalue weighted by atomic mass is 10.5. The topological polar surface area (TPSA) is 67.8 Å². The lowest BCUT2D eigenvalue weighted by Crippen LogP contribution is -2.32. The number of rotatable bonds is 1. The molecule has 0 aliphatic carbocycles. The van der Waals surface area contributed by atoms with Gasteiger partial charge in [-0.05, 0) is 0 Å². The average Bonchev–Trinajstić information content (AvgIpc) is 1.97. The molecule has 1 N–H and O–H groups in total. The number of aryl methyl sites for hydroxylation is 1. The van der Waals surface area contributed by atoms with E-state index in [-0.39, 0.29) is 5.69 Å². The number of hydrogen-bond donors (Lipinski definition) is 1. The quantitative estimate of drug-likeness (QED) is 0.567. The van der Waals surface area contributed by atoms with Crippen LogP contribution in [0.4, 0.5) is 4.39 Å². The van der Waals surface area contributed by atoms with Crippen molar-refractivity contribution in [2.24, 2.45) is 7.05 Å². The van der Waals surface area contributed by atoms with Gasteiger partial charge in [0.25, 0.3) is 5.56 Å². The van der Waals surface area contributed by atoms with E-state index >= 15 is 0 Å². The Hall–Kier alpha value is -1.46. The van der Waals surface area contributed by atoms with Crippen LogP contribution in [0.2, 0.25) is 0 Å². The Morgan fingerprint density at radius 1 is 1.64 bits per heavy atom. The van der Waals surface area contributed by atoms with Crippen LogP contribution in [0.15, 0.2) is 9.59 Å². The van der Waals surface area contributed by atoms with Gasteiger partial charge in [0, 0.05) is 7.05 Å². The third kappa shape index (κ3) is 1.34. The molecule has 0 bridgehead atoms. The summed E-state index contributed by atoms with van der Waals surface area (Å²) in [7, 11) is 1.33. The second-order valence-corrected chi connectivity index (χ2v) is 1.96. The predicted octanol–water partition coefficient (Wildman–Crippen LogP) is -1.06. The second-order valence-electron chi connectivity index (χ2n) is 1.96. The van der Waals surface area contributed by atoms with Crippen molar-refractivity contribution in [3.05, 3.63) is 26.5 Å². The number of aromatic amines is 1. The van der Waals surface area contributed by atoms with Gasteiger partial charge in [-0.15, -0.1) is 0 Å². The van der Waals surface area contributed by atoms with Crippen molar-refractivity contribution in [3.63, 3.8) is 0 Å². The van der Waals surface area contributed by atoms with E-state index < -0.39 is 17.9 Å². The second kappa shape index (κ2) is 2.65. The standard InChI is InChI=1S/C5H6FN3O2/c1-9-5(11)7-4(10)3(2-6)8-9/h2H2,1H3,(H,7,10,11). The van der Waals surface area contributed by atoms with Crippen molar-refractivity contribution in [1.29, 1.82) is 0 Å². The fraction of sp³-hybridized carbons (Fsp3) is 0.400. The Balaban J connectivity index is 3.45. The van der Waals surface area contributed by atoms with Crippen molar-refractivity contribution < 1.29 is 4.39 Å². The highest BCUT2D eigenvalue weighted by Crippen LogP contribution is 1.81. The average molecular weight is 159 g/mol. The Morgan fingerprint density at radius 3 is 2.82 bits per heavy atom. The fourth-order valence-corrected chi connectivity index (χ4v) is 0.609. The smallest absolute Gasteiger partial charge is 0.271 e. The van der Waals surface area contributed by atoms with Crippen molar-refractivity contribution >= 4 is 0 Å². The highest BCUT2D eigenvalue weighted by molar-refractivity contribution is 4.89. The Kier molecular flexibility index (Phi) is 1.84. The van der Waals surface area contributed by atoms with Gasteiger partial charge in [-0.1, -0.05) is 0 Å². The summed E-state index contributed by atoms with van der Waals surface area (Å²) in [5.41, 5.74) is -1.70. The van der Waals surface area contributed by atoms with Crippen molar-refractivity contribution in [3.8, 4) is 0 Å². The Morgan fingerprint density at radius 2 is 2.27 bits per heavy atom. The molecular formula is C5H6FN3O2. The maximum atomic E-state index is 11.9. The lowest BCUT2D eigenvalue weighted by Gasteiger charge is -1.95. The number of nitrogens with zero attached hydrogens (tertiary/aromatic N) is 2. The van der Waals surface area contributed by atoms with E-state index in [0.717, 1.165) is 4.68 Å². The molecule has 0 aliphatic rings. The van der Waals surface area contributed by atoms with E-state index in [1.807, 2.05) is 4.98 Å². The van der Waals surface area contributed by atoms with Crippen LogP contribution in [0.1, 0.15) is 5.69 Å². The van der Waals surface area contributed by atoms with Crippen LogP contribution < -0.4 is 11.2 Å². The molecule has 0 saturated carbocycles. The van der Waals surface area contributed by atoms with Gasteiger partial charge in [0.1, 0.15) is 6.67 Å². The van der Waals surface area contributed by atoms with Gasteiger partial charge in [0.2, 0.25) is 0 Å².